The predicted octanol–water partition coefficient (Wildman–Crippen LogP) is 2.62. The summed E-state index contributed by atoms with van der Waals surface area (Å²) in [5, 5.41) is 3.40. The second kappa shape index (κ2) is 8.34. The molecule has 106 valence electrons. The third-order valence-corrected chi connectivity index (χ3v) is 2.61. The number of unbranched alkanes of at least 4 members (excludes halogenated alkanes) is 1. The van der Waals surface area contributed by atoms with Crippen LogP contribution in [0.1, 0.15) is 40.0 Å². The zero-order valence-corrected chi connectivity index (χ0v) is 13.0. The molecular formula is C12H22BrNO4. The van der Waals surface area contributed by atoms with E-state index in [1.807, 2.05) is 0 Å². The molecule has 0 aromatic heterocycles. The molecular weight excluding hydrogens is 302 g/mol. The van der Waals surface area contributed by atoms with Crippen molar-refractivity contribution < 1.29 is 19.1 Å². The van der Waals surface area contributed by atoms with E-state index in [1.54, 1.807) is 20.8 Å². The molecule has 1 amide bonds. The number of ether oxygens (including phenoxy) is 2. The maximum atomic E-state index is 11.6. The molecule has 5 nitrogen and oxygen atoms in total. The highest BCUT2D eigenvalue weighted by molar-refractivity contribution is 9.09. The van der Waals surface area contributed by atoms with Crippen LogP contribution in [0.3, 0.4) is 0 Å². The van der Waals surface area contributed by atoms with Crippen LogP contribution in [-0.4, -0.2) is 36.1 Å². The lowest BCUT2D eigenvalue weighted by molar-refractivity contribution is -0.143. The van der Waals surface area contributed by atoms with E-state index in [-0.39, 0.29) is 0 Å². The second-order valence-corrected chi connectivity index (χ2v) is 5.70. The van der Waals surface area contributed by atoms with Crippen molar-refractivity contribution in [3.05, 3.63) is 0 Å². The van der Waals surface area contributed by atoms with Gasteiger partial charge in [0.2, 0.25) is 0 Å². The molecule has 0 unspecified atom stereocenters. The fraction of sp³-hybridized carbons (Fsp3) is 0.833. The number of esters is 1. The van der Waals surface area contributed by atoms with Crippen molar-refractivity contribution >= 4 is 28.0 Å². The molecule has 0 heterocycles. The summed E-state index contributed by atoms with van der Waals surface area (Å²) >= 11 is 3.32. The van der Waals surface area contributed by atoms with Crippen LogP contribution in [0.25, 0.3) is 0 Å². The van der Waals surface area contributed by atoms with Crippen LogP contribution in [0.5, 0.6) is 0 Å². The van der Waals surface area contributed by atoms with Crippen LogP contribution < -0.4 is 5.32 Å². The van der Waals surface area contributed by atoms with Gasteiger partial charge in [-0.15, -0.1) is 0 Å². The molecule has 1 atom stereocenters. The molecule has 0 aromatic rings. The van der Waals surface area contributed by atoms with Gasteiger partial charge in [-0.3, -0.25) is 0 Å². The lowest BCUT2D eigenvalue weighted by Crippen LogP contribution is -2.44. The van der Waals surface area contributed by atoms with Gasteiger partial charge >= 0.3 is 12.1 Å². The zero-order valence-electron chi connectivity index (χ0n) is 11.4. The first-order chi connectivity index (χ1) is 8.30. The summed E-state index contributed by atoms with van der Waals surface area (Å²) in [5.74, 6) is -0.449. The van der Waals surface area contributed by atoms with Gasteiger partial charge in [-0.25, -0.2) is 9.59 Å². The minimum Gasteiger partial charge on any atom is -0.467 e. The van der Waals surface area contributed by atoms with Gasteiger partial charge in [-0.05, 0) is 40.0 Å². The van der Waals surface area contributed by atoms with Crippen LogP contribution in [-0.2, 0) is 14.3 Å². The number of carbonyl (C=O) groups excluding carboxylic acids is 2. The van der Waals surface area contributed by atoms with Gasteiger partial charge in [-0.2, -0.15) is 0 Å². The highest BCUT2D eigenvalue weighted by atomic mass is 79.9. The topological polar surface area (TPSA) is 64.6 Å². The monoisotopic (exact) mass is 323 g/mol. The van der Waals surface area contributed by atoms with Gasteiger partial charge in [0.05, 0.1) is 7.11 Å². The lowest BCUT2D eigenvalue weighted by atomic mass is 10.1. The highest BCUT2D eigenvalue weighted by Gasteiger charge is 2.24. The average Bonchev–Trinajstić information content (AvgIpc) is 2.24. The van der Waals surface area contributed by atoms with Gasteiger partial charge in [0.1, 0.15) is 11.6 Å². The fourth-order valence-corrected chi connectivity index (χ4v) is 1.68. The Hall–Kier alpha value is -0.780. The molecule has 6 heteroatoms. The molecule has 0 rings (SSSR count). The molecule has 0 spiro atoms. The SMILES string of the molecule is COC(=O)[C@H](CCCCBr)NC(=O)OC(C)(C)C. The maximum absolute atomic E-state index is 11.6. The third-order valence-electron chi connectivity index (χ3n) is 2.05. The number of alkyl halides is 1. The largest absolute Gasteiger partial charge is 0.467 e. The Kier molecular flexibility index (Phi) is 7.98. The van der Waals surface area contributed by atoms with Gasteiger partial charge in [0.15, 0.2) is 0 Å². The number of amides is 1. The number of carbonyl (C=O) groups is 2. The Labute approximate surface area is 117 Å². The van der Waals surface area contributed by atoms with Crippen molar-refractivity contribution in [2.75, 3.05) is 12.4 Å². The summed E-state index contributed by atoms with van der Waals surface area (Å²) in [7, 11) is 1.30. The standard InChI is InChI=1S/C12H22BrNO4/c1-12(2,3)18-11(16)14-9(10(15)17-4)7-5-6-8-13/h9H,5-8H2,1-4H3,(H,14,16)/t9-/m0/s1. The van der Waals surface area contributed by atoms with Crippen molar-refractivity contribution in [3.63, 3.8) is 0 Å². The number of hydrogen-bond donors (Lipinski definition) is 1. The van der Waals surface area contributed by atoms with Gasteiger partial charge in [0, 0.05) is 5.33 Å². The second-order valence-electron chi connectivity index (χ2n) is 4.91. The zero-order chi connectivity index (χ0) is 14.2. The van der Waals surface area contributed by atoms with Crippen LogP contribution >= 0.6 is 15.9 Å². The number of rotatable bonds is 6. The van der Waals surface area contributed by atoms with Gasteiger partial charge in [0.25, 0.3) is 0 Å². The summed E-state index contributed by atoms with van der Waals surface area (Å²) in [6.07, 6.45) is 1.69. The quantitative estimate of drug-likeness (QED) is 0.463. The van der Waals surface area contributed by atoms with E-state index in [2.05, 4.69) is 26.0 Å². The number of halogens is 1. The molecule has 1 N–H and O–H groups in total. The van der Waals surface area contributed by atoms with Crippen LogP contribution in [0.15, 0.2) is 0 Å². The maximum Gasteiger partial charge on any atom is 0.408 e. The van der Waals surface area contributed by atoms with Crippen LogP contribution in [0.4, 0.5) is 4.79 Å². The molecule has 0 saturated heterocycles. The van der Waals surface area contributed by atoms with Crippen molar-refractivity contribution in [1.29, 1.82) is 0 Å². The van der Waals surface area contributed by atoms with Gasteiger partial charge in [-0.1, -0.05) is 15.9 Å². The summed E-state index contributed by atoms with van der Waals surface area (Å²) in [6.45, 7) is 5.31. The van der Waals surface area contributed by atoms with Crippen LogP contribution in [0, 0.1) is 0 Å². The molecule has 0 aliphatic carbocycles. The van der Waals surface area contributed by atoms with E-state index in [1.165, 1.54) is 7.11 Å². The molecule has 0 fully saturated rings. The lowest BCUT2D eigenvalue weighted by Gasteiger charge is -2.22. The smallest absolute Gasteiger partial charge is 0.408 e. The molecule has 18 heavy (non-hydrogen) atoms. The molecule has 0 saturated carbocycles. The van der Waals surface area contributed by atoms with Crippen LogP contribution in [0.2, 0.25) is 0 Å². The van der Waals surface area contributed by atoms with Gasteiger partial charge < -0.3 is 14.8 Å². The minimum atomic E-state index is -0.649. The number of nitrogens with one attached hydrogen (secondary N) is 1. The number of alkyl carbamates (subject to hydrolysis) is 1. The van der Waals surface area contributed by atoms with E-state index in [4.69, 9.17) is 4.74 Å². The Morgan fingerprint density at radius 1 is 1.28 bits per heavy atom. The molecule has 0 aliphatic rings. The predicted molar refractivity (Wildman–Crippen MR) is 72.8 cm³/mol. The van der Waals surface area contributed by atoms with E-state index < -0.39 is 23.7 Å². The third kappa shape index (κ3) is 8.33. The normalized spacial score (nSPS) is 12.7. The van der Waals surface area contributed by atoms with E-state index in [9.17, 15) is 9.59 Å². The van der Waals surface area contributed by atoms with E-state index in [0.29, 0.717) is 6.42 Å². The average molecular weight is 324 g/mol. The number of hydrogen-bond acceptors (Lipinski definition) is 4. The summed E-state index contributed by atoms with van der Waals surface area (Å²) < 4.78 is 9.76. The first-order valence-electron chi connectivity index (χ1n) is 5.93. The Morgan fingerprint density at radius 3 is 2.33 bits per heavy atom. The van der Waals surface area contributed by atoms with E-state index in [0.717, 1.165) is 18.2 Å². The molecule has 0 aromatic carbocycles. The Morgan fingerprint density at radius 2 is 1.89 bits per heavy atom. The molecule has 0 aliphatic heterocycles. The first kappa shape index (κ1) is 17.2. The Bertz CT molecular complexity index is 276. The fourth-order valence-electron chi connectivity index (χ4n) is 1.28. The summed E-state index contributed by atoms with van der Waals surface area (Å²) in [5.41, 5.74) is -0.583. The molecule has 0 radical (unpaired) electrons. The number of methoxy groups -OCH3 is 1. The van der Waals surface area contributed by atoms with Crippen molar-refractivity contribution in [2.45, 2.75) is 51.7 Å². The highest BCUT2D eigenvalue weighted by Crippen LogP contribution is 2.09. The molecule has 0 bridgehead atoms. The first-order valence-corrected chi connectivity index (χ1v) is 7.05. The van der Waals surface area contributed by atoms with E-state index >= 15 is 0 Å². The Balaban J connectivity index is 4.31. The summed E-state index contributed by atoms with van der Waals surface area (Å²) in [6, 6.07) is -0.649. The minimum absolute atomic E-state index is 0.449. The summed E-state index contributed by atoms with van der Waals surface area (Å²) in [4.78, 5) is 23.1. The van der Waals surface area contributed by atoms with Crippen molar-refractivity contribution in [1.82, 2.24) is 5.32 Å². The van der Waals surface area contributed by atoms with Crippen molar-refractivity contribution in [2.24, 2.45) is 0 Å². The van der Waals surface area contributed by atoms with Crippen molar-refractivity contribution in [3.8, 4) is 0 Å².